The molecule has 1 aromatic carbocycles. The Kier molecular flexibility index (Phi) is 5.10. The van der Waals surface area contributed by atoms with Crippen molar-refractivity contribution >= 4 is 17.3 Å². The Balaban J connectivity index is 1.73. The highest BCUT2D eigenvalue weighted by molar-refractivity contribution is 7.80. The summed E-state index contributed by atoms with van der Waals surface area (Å²) in [4.78, 5) is 0. The van der Waals surface area contributed by atoms with Crippen LogP contribution in [0.25, 0.3) is 0 Å². The molecule has 0 amide bonds. The van der Waals surface area contributed by atoms with Crippen LogP contribution in [0.5, 0.6) is 0 Å². The molecule has 0 saturated carbocycles. The fraction of sp³-hybridized carbons (Fsp3) is 0.500. The van der Waals surface area contributed by atoms with Gasteiger partial charge in [-0.1, -0.05) is 12.1 Å². The lowest BCUT2D eigenvalue weighted by Crippen LogP contribution is -2.45. The van der Waals surface area contributed by atoms with Gasteiger partial charge in [-0.15, -0.1) is 0 Å². The van der Waals surface area contributed by atoms with Crippen LogP contribution < -0.4 is 10.6 Å². The van der Waals surface area contributed by atoms with E-state index in [1.54, 1.807) is 12.1 Å². The summed E-state index contributed by atoms with van der Waals surface area (Å²) >= 11 is 5.24. The normalized spacial score (nSPS) is 20.0. The molecule has 3 nitrogen and oxygen atoms in total. The number of hydrogen-bond acceptors (Lipinski definition) is 2. The minimum Gasteiger partial charge on any atom is -0.376 e. The van der Waals surface area contributed by atoms with Gasteiger partial charge in [-0.05, 0) is 49.7 Å². The van der Waals surface area contributed by atoms with E-state index in [9.17, 15) is 4.39 Å². The maximum atomic E-state index is 12.8. The highest BCUT2D eigenvalue weighted by atomic mass is 32.1. The molecular weight excluding hydrogens is 263 g/mol. The van der Waals surface area contributed by atoms with Gasteiger partial charge in [0.15, 0.2) is 5.11 Å². The van der Waals surface area contributed by atoms with E-state index in [-0.39, 0.29) is 18.0 Å². The van der Waals surface area contributed by atoms with Crippen molar-refractivity contribution < 1.29 is 9.13 Å². The topological polar surface area (TPSA) is 33.3 Å². The number of ether oxygens (including phenoxy) is 1. The first-order chi connectivity index (χ1) is 9.15. The first-order valence-electron chi connectivity index (χ1n) is 6.55. The third-order valence-corrected chi connectivity index (χ3v) is 3.51. The minimum atomic E-state index is -0.226. The third-order valence-electron chi connectivity index (χ3n) is 3.25. The predicted octanol–water partition coefficient (Wildman–Crippen LogP) is 2.36. The molecule has 0 radical (unpaired) electrons. The van der Waals surface area contributed by atoms with Crippen molar-refractivity contribution in [3.05, 3.63) is 35.6 Å². The van der Waals surface area contributed by atoms with Crippen LogP contribution in [0.2, 0.25) is 0 Å². The Morgan fingerprint density at radius 1 is 1.47 bits per heavy atom. The van der Waals surface area contributed by atoms with Gasteiger partial charge in [0, 0.05) is 13.2 Å². The lowest BCUT2D eigenvalue weighted by atomic mass is 10.1. The predicted molar refractivity (Wildman–Crippen MR) is 77.4 cm³/mol. The van der Waals surface area contributed by atoms with E-state index in [2.05, 4.69) is 17.6 Å². The van der Waals surface area contributed by atoms with E-state index in [0.29, 0.717) is 11.7 Å². The van der Waals surface area contributed by atoms with Crippen LogP contribution in [-0.4, -0.2) is 23.9 Å². The molecule has 5 heteroatoms. The molecule has 1 fully saturated rings. The van der Waals surface area contributed by atoms with Gasteiger partial charge in [-0.3, -0.25) is 0 Å². The molecule has 1 saturated heterocycles. The van der Waals surface area contributed by atoms with E-state index in [0.717, 1.165) is 25.0 Å². The van der Waals surface area contributed by atoms with E-state index >= 15 is 0 Å². The third kappa shape index (κ3) is 4.44. The number of halogens is 1. The van der Waals surface area contributed by atoms with Gasteiger partial charge < -0.3 is 15.4 Å². The van der Waals surface area contributed by atoms with Crippen LogP contribution >= 0.6 is 12.2 Å². The highest BCUT2D eigenvalue weighted by Crippen LogP contribution is 2.15. The van der Waals surface area contributed by atoms with Gasteiger partial charge >= 0.3 is 0 Å². The zero-order chi connectivity index (χ0) is 13.7. The quantitative estimate of drug-likeness (QED) is 0.831. The largest absolute Gasteiger partial charge is 0.376 e. The Morgan fingerprint density at radius 2 is 2.21 bits per heavy atom. The van der Waals surface area contributed by atoms with Gasteiger partial charge in [-0.2, -0.15) is 0 Å². The van der Waals surface area contributed by atoms with Crippen LogP contribution in [0.4, 0.5) is 4.39 Å². The second-order valence-electron chi connectivity index (χ2n) is 4.79. The molecule has 1 aliphatic rings. The monoisotopic (exact) mass is 282 g/mol. The summed E-state index contributed by atoms with van der Waals surface area (Å²) in [5, 5.41) is 6.94. The van der Waals surface area contributed by atoms with Crippen LogP contribution in [-0.2, 0) is 11.3 Å². The average Bonchev–Trinajstić information content (AvgIpc) is 2.92. The van der Waals surface area contributed by atoms with Gasteiger partial charge in [-0.25, -0.2) is 4.39 Å². The number of hydrogen-bond donors (Lipinski definition) is 2. The summed E-state index contributed by atoms with van der Waals surface area (Å²) in [5.74, 6) is -0.226. The minimum absolute atomic E-state index is 0.204. The number of nitrogens with one attached hydrogen (secondary N) is 2. The Labute approximate surface area is 118 Å². The van der Waals surface area contributed by atoms with Gasteiger partial charge in [0.25, 0.3) is 0 Å². The molecule has 0 aliphatic carbocycles. The standard InChI is InChI=1S/C14H19FN2OS/c1-10(13-3-2-8-18-13)17-14(19)16-9-11-4-6-12(15)7-5-11/h4-7,10,13H,2-3,8-9H2,1H3,(H2,16,17,19). The Bertz CT molecular complexity index is 418. The van der Waals surface area contributed by atoms with Crippen molar-refractivity contribution in [2.24, 2.45) is 0 Å². The van der Waals surface area contributed by atoms with E-state index < -0.39 is 0 Å². The SMILES string of the molecule is CC(NC(=S)NCc1ccc(F)cc1)C1CCCO1. The molecule has 2 atom stereocenters. The van der Waals surface area contributed by atoms with Crippen molar-refractivity contribution in [1.82, 2.24) is 10.6 Å². The molecule has 0 bridgehead atoms. The Morgan fingerprint density at radius 3 is 2.84 bits per heavy atom. The summed E-state index contributed by atoms with van der Waals surface area (Å²) in [6.07, 6.45) is 2.44. The summed E-state index contributed by atoms with van der Waals surface area (Å²) in [5.41, 5.74) is 0.996. The molecule has 0 aromatic heterocycles. The van der Waals surface area contributed by atoms with Crippen LogP contribution in [0.15, 0.2) is 24.3 Å². The number of thiocarbonyl (C=S) groups is 1. The van der Waals surface area contributed by atoms with Crippen LogP contribution in [0.1, 0.15) is 25.3 Å². The van der Waals surface area contributed by atoms with E-state index in [1.165, 1.54) is 12.1 Å². The van der Waals surface area contributed by atoms with Gasteiger partial charge in [0.1, 0.15) is 5.82 Å². The summed E-state index contributed by atoms with van der Waals surface area (Å²) < 4.78 is 18.4. The number of benzene rings is 1. The van der Waals surface area contributed by atoms with Crippen molar-refractivity contribution in [3.63, 3.8) is 0 Å². The van der Waals surface area contributed by atoms with Gasteiger partial charge in [0.2, 0.25) is 0 Å². The fourth-order valence-electron chi connectivity index (χ4n) is 2.13. The van der Waals surface area contributed by atoms with Crippen molar-refractivity contribution in [1.29, 1.82) is 0 Å². The van der Waals surface area contributed by atoms with Gasteiger partial charge in [0.05, 0.1) is 12.1 Å². The highest BCUT2D eigenvalue weighted by Gasteiger charge is 2.22. The first-order valence-corrected chi connectivity index (χ1v) is 6.96. The van der Waals surface area contributed by atoms with E-state index in [1.807, 2.05) is 0 Å². The lowest BCUT2D eigenvalue weighted by Gasteiger charge is -2.22. The molecule has 2 unspecified atom stereocenters. The average molecular weight is 282 g/mol. The zero-order valence-corrected chi connectivity index (χ0v) is 11.8. The molecule has 1 heterocycles. The summed E-state index contributed by atoms with van der Waals surface area (Å²) in [7, 11) is 0. The maximum absolute atomic E-state index is 12.8. The maximum Gasteiger partial charge on any atom is 0.166 e. The molecule has 1 aromatic rings. The van der Waals surface area contributed by atoms with E-state index in [4.69, 9.17) is 17.0 Å². The Hall–Kier alpha value is -1.20. The molecule has 0 spiro atoms. The van der Waals surface area contributed by atoms with Crippen LogP contribution in [0.3, 0.4) is 0 Å². The van der Waals surface area contributed by atoms with Crippen molar-refractivity contribution in [3.8, 4) is 0 Å². The second kappa shape index (κ2) is 6.82. The first kappa shape index (κ1) is 14.2. The molecule has 19 heavy (non-hydrogen) atoms. The molecule has 1 aliphatic heterocycles. The molecular formula is C14H19FN2OS. The van der Waals surface area contributed by atoms with Crippen molar-refractivity contribution in [2.45, 2.75) is 38.5 Å². The smallest absolute Gasteiger partial charge is 0.166 e. The second-order valence-corrected chi connectivity index (χ2v) is 5.20. The summed E-state index contributed by atoms with van der Waals surface area (Å²) in [6, 6.07) is 6.59. The van der Waals surface area contributed by atoms with Crippen molar-refractivity contribution in [2.75, 3.05) is 6.61 Å². The number of rotatable bonds is 4. The summed E-state index contributed by atoms with van der Waals surface area (Å²) in [6.45, 7) is 3.50. The fourth-order valence-corrected chi connectivity index (χ4v) is 2.39. The zero-order valence-electron chi connectivity index (χ0n) is 11.0. The van der Waals surface area contributed by atoms with Crippen LogP contribution in [0, 0.1) is 5.82 Å². The molecule has 2 rings (SSSR count). The lowest BCUT2D eigenvalue weighted by molar-refractivity contribution is 0.0893. The molecule has 104 valence electrons. The molecule has 2 N–H and O–H groups in total.